The molecule has 0 aromatic rings. The van der Waals surface area contributed by atoms with Gasteiger partial charge in [-0.15, -0.1) is 0 Å². The van der Waals surface area contributed by atoms with Gasteiger partial charge in [-0.25, -0.2) is 9.59 Å². The molecule has 1 amide bonds. The number of hydrogen-bond donors (Lipinski definition) is 3. The second-order valence-electron chi connectivity index (χ2n) is 4.53. The molecule has 8 nitrogen and oxygen atoms in total. The molecule has 2 aliphatic heterocycles. The summed E-state index contributed by atoms with van der Waals surface area (Å²) in [7, 11) is 1.34. The number of aliphatic carboxylic acids is 2. The molecule has 0 aromatic carbocycles. The topological polar surface area (TPSA) is 122 Å². The van der Waals surface area contributed by atoms with Crippen molar-refractivity contribution >= 4 is 17.8 Å². The molecule has 2 aliphatic rings. The maximum absolute atomic E-state index is 11.8. The van der Waals surface area contributed by atoms with Crippen molar-refractivity contribution in [3.05, 3.63) is 0 Å². The van der Waals surface area contributed by atoms with Gasteiger partial charge in [-0.3, -0.25) is 4.79 Å². The van der Waals surface area contributed by atoms with E-state index < -0.39 is 41.2 Å². The molecule has 0 spiro atoms. The van der Waals surface area contributed by atoms with Gasteiger partial charge in [0.2, 0.25) is 5.91 Å². The molecule has 0 aliphatic carbocycles. The minimum Gasteiger partial charge on any atom is -0.479 e. The monoisotopic (exact) mass is 259 g/mol. The molecule has 3 atom stereocenters. The van der Waals surface area contributed by atoms with Crippen LogP contribution in [0.25, 0.3) is 0 Å². The number of methoxy groups -OCH3 is 1. The van der Waals surface area contributed by atoms with E-state index in [2.05, 4.69) is 0 Å². The number of carbonyl (C=O) groups is 3. The molecule has 2 heterocycles. The number of amides is 1. The summed E-state index contributed by atoms with van der Waals surface area (Å²) in [4.78, 5) is 34.4. The fraction of sp³-hybridized carbons (Fsp3) is 0.700. The molecule has 3 N–H and O–H groups in total. The van der Waals surface area contributed by atoms with E-state index in [4.69, 9.17) is 9.47 Å². The molecule has 0 radical (unpaired) electrons. The molecule has 0 saturated carbocycles. The first kappa shape index (κ1) is 12.8. The third-order valence-corrected chi connectivity index (χ3v) is 3.75. The SMILES string of the molecule is COC1CC2C(=O)NC(C(=O)O)(C(=O)O)[C@@]2(C)O1. The average Bonchev–Trinajstić information content (AvgIpc) is 2.71. The number of ether oxygens (including phenoxy) is 2. The van der Waals surface area contributed by atoms with E-state index in [-0.39, 0.29) is 6.42 Å². The van der Waals surface area contributed by atoms with Crippen molar-refractivity contribution in [3.63, 3.8) is 0 Å². The van der Waals surface area contributed by atoms with Gasteiger partial charge in [-0.1, -0.05) is 0 Å². The van der Waals surface area contributed by atoms with Gasteiger partial charge in [0.1, 0.15) is 5.60 Å². The number of nitrogens with one attached hydrogen (secondary N) is 1. The van der Waals surface area contributed by atoms with Crippen LogP contribution in [0.4, 0.5) is 0 Å². The third-order valence-electron chi connectivity index (χ3n) is 3.75. The molecular weight excluding hydrogens is 246 g/mol. The summed E-state index contributed by atoms with van der Waals surface area (Å²) < 4.78 is 10.3. The third kappa shape index (κ3) is 1.24. The Hall–Kier alpha value is -1.67. The van der Waals surface area contributed by atoms with Gasteiger partial charge < -0.3 is 25.0 Å². The summed E-state index contributed by atoms with van der Waals surface area (Å²) in [5.74, 6) is -4.84. The number of hydrogen-bond acceptors (Lipinski definition) is 5. The van der Waals surface area contributed by atoms with Crippen LogP contribution in [0.1, 0.15) is 13.3 Å². The van der Waals surface area contributed by atoms with Crippen molar-refractivity contribution in [2.45, 2.75) is 30.8 Å². The summed E-state index contributed by atoms with van der Waals surface area (Å²) in [5, 5.41) is 20.4. The van der Waals surface area contributed by atoms with E-state index in [0.717, 1.165) is 0 Å². The van der Waals surface area contributed by atoms with Gasteiger partial charge in [0.05, 0.1) is 5.92 Å². The predicted molar refractivity (Wildman–Crippen MR) is 54.5 cm³/mol. The van der Waals surface area contributed by atoms with Crippen LogP contribution in [-0.4, -0.2) is 52.6 Å². The molecular formula is C10H13NO7. The maximum atomic E-state index is 11.8. The van der Waals surface area contributed by atoms with Crippen LogP contribution >= 0.6 is 0 Å². The van der Waals surface area contributed by atoms with E-state index in [1.165, 1.54) is 14.0 Å². The highest BCUT2D eigenvalue weighted by Crippen LogP contribution is 2.48. The lowest BCUT2D eigenvalue weighted by atomic mass is 9.77. The smallest absolute Gasteiger partial charge is 0.344 e. The minimum atomic E-state index is -2.48. The van der Waals surface area contributed by atoms with Crippen molar-refractivity contribution in [2.75, 3.05) is 7.11 Å². The van der Waals surface area contributed by atoms with E-state index in [0.29, 0.717) is 0 Å². The molecule has 2 rings (SSSR count). The van der Waals surface area contributed by atoms with Crippen LogP contribution in [0, 0.1) is 5.92 Å². The molecule has 2 saturated heterocycles. The summed E-state index contributed by atoms with van der Waals surface area (Å²) in [6, 6.07) is 0. The van der Waals surface area contributed by atoms with Gasteiger partial charge in [-0.05, 0) is 6.92 Å². The Morgan fingerprint density at radius 2 is 2.00 bits per heavy atom. The lowest BCUT2D eigenvalue weighted by Gasteiger charge is -2.34. The van der Waals surface area contributed by atoms with Crippen molar-refractivity contribution in [2.24, 2.45) is 5.92 Å². The molecule has 2 unspecified atom stereocenters. The normalized spacial score (nSPS) is 37.1. The first-order valence-corrected chi connectivity index (χ1v) is 5.29. The van der Waals surface area contributed by atoms with E-state index >= 15 is 0 Å². The lowest BCUT2D eigenvalue weighted by Crippen LogP contribution is -2.67. The second kappa shape index (κ2) is 3.66. The van der Waals surface area contributed by atoms with Gasteiger partial charge in [0.25, 0.3) is 5.54 Å². The fourth-order valence-electron chi connectivity index (χ4n) is 2.69. The average molecular weight is 259 g/mol. The standard InChI is InChI=1S/C10H13NO7/c1-9-4(3-5(17-2)18-9)6(12)11-10(9,7(13)14)8(15)16/h4-5H,3H2,1-2H3,(H,11,12)(H,13,14)(H,15,16)/t4?,5?,9-/m0/s1. The second-order valence-corrected chi connectivity index (χ2v) is 4.53. The molecule has 18 heavy (non-hydrogen) atoms. The van der Waals surface area contributed by atoms with E-state index in [1.54, 1.807) is 0 Å². The van der Waals surface area contributed by atoms with Crippen LogP contribution in [0.5, 0.6) is 0 Å². The molecule has 2 fully saturated rings. The van der Waals surface area contributed by atoms with E-state index in [1.807, 2.05) is 5.32 Å². The molecule has 8 heteroatoms. The highest BCUT2D eigenvalue weighted by atomic mass is 16.7. The van der Waals surface area contributed by atoms with Crippen LogP contribution in [0.3, 0.4) is 0 Å². The van der Waals surface area contributed by atoms with E-state index in [9.17, 15) is 24.6 Å². The molecule has 0 bridgehead atoms. The lowest BCUT2D eigenvalue weighted by molar-refractivity contribution is -0.195. The highest BCUT2D eigenvalue weighted by molar-refractivity contribution is 6.11. The summed E-state index contributed by atoms with van der Waals surface area (Å²) in [6.45, 7) is 1.30. The summed E-state index contributed by atoms with van der Waals surface area (Å²) >= 11 is 0. The number of carboxylic acids is 2. The Bertz CT molecular complexity index is 420. The fourth-order valence-corrected chi connectivity index (χ4v) is 2.69. The largest absolute Gasteiger partial charge is 0.479 e. The van der Waals surface area contributed by atoms with Gasteiger partial charge in [0.15, 0.2) is 6.29 Å². The highest BCUT2D eigenvalue weighted by Gasteiger charge is 2.75. The van der Waals surface area contributed by atoms with Crippen LogP contribution in [0.2, 0.25) is 0 Å². The Labute approximate surface area is 102 Å². The number of carbonyl (C=O) groups excluding carboxylic acids is 1. The number of rotatable bonds is 3. The quantitative estimate of drug-likeness (QED) is 0.543. The van der Waals surface area contributed by atoms with Crippen molar-refractivity contribution in [1.29, 1.82) is 0 Å². The Balaban J connectivity index is 2.54. The first-order valence-electron chi connectivity index (χ1n) is 5.29. The van der Waals surface area contributed by atoms with Gasteiger partial charge in [-0.2, -0.15) is 0 Å². The zero-order valence-corrected chi connectivity index (χ0v) is 9.80. The first-order chi connectivity index (χ1) is 8.29. The Morgan fingerprint density at radius 1 is 1.44 bits per heavy atom. The van der Waals surface area contributed by atoms with Crippen LogP contribution in [-0.2, 0) is 23.9 Å². The van der Waals surface area contributed by atoms with Crippen LogP contribution < -0.4 is 5.32 Å². The zero-order valence-electron chi connectivity index (χ0n) is 9.80. The minimum absolute atomic E-state index is 0.126. The summed E-state index contributed by atoms with van der Waals surface area (Å²) in [6.07, 6.45) is -0.662. The molecule has 0 aromatic heterocycles. The van der Waals surface area contributed by atoms with Crippen molar-refractivity contribution in [3.8, 4) is 0 Å². The van der Waals surface area contributed by atoms with Crippen molar-refractivity contribution < 1.29 is 34.1 Å². The van der Waals surface area contributed by atoms with Crippen molar-refractivity contribution in [1.82, 2.24) is 5.32 Å². The molecule has 100 valence electrons. The summed E-state index contributed by atoms with van der Waals surface area (Å²) in [5.41, 5.74) is -4.16. The number of fused-ring (bicyclic) bond motifs is 1. The Kier molecular flexibility index (Phi) is 2.60. The maximum Gasteiger partial charge on any atom is 0.344 e. The zero-order chi connectivity index (χ0) is 13.7. The number of carboxylic acid groups (broad SMARTS) is 2. The Morgan fingerprint density at radius 3 is 2.44 bits per heavy atom. The predicted octanol–water partition coefficient (Wildman–Crippen LogP) is -1.21. The van der Waals surface area contributed by atoms with Crippen LogP contribution in [0.15, 0.2) is 0 Å². The van der Waals surface area contributed by atoms with Gasteiger partial charge >= 0.3 is 11.9 Å². The van der Waals surface area contributed by atoms with Gasteiger partial charge in [0, 0.05) is 13.5 Å².